The monoisotopic (exact) mass is 462 g/mol. The van der Waals surface area contributed by atoms with Gasteiger partial charge in [0.15, 0.2) is 0 Å². The molecule has 1 atom stereocenters. The third-order valence-corrected chi connectivity index (χ3v) is 6.00. The van der Waals surface area contributed by atoms with Crippen LogP contribution in [0.3, 0.4) is 0 Å². The first-order valence-corrected chi connectivity index (χ1v) is 11.1. The lowest BCUT2D eigenvalue weighted by molar-refractivity contribution is 0.247. The van der Waals surface area contributed by atoms with Crippen molar-refractivity contribution in [2.75, 3.05) is 18.4 Å². The lowest BCUT2D eigenvalue weighted by Crippen LogP contribution is -2.39. The van der Waals surface area contributed by atoms with Crippen LogP contribution in [-0.4, -0.2) is 54.8 Å². The van der Waals surface area contributed by atoms with Crippen LogP contribution in [0.5, 0.6) is 0 Å². The third-order valence-electron chi connectivity index (χ3n) is 5.66. The topological polar surface area (TPSA) is 101 Å². The Morgan fingerprint density at radius 3 is 2.94 bits per heavy atom. The van der Waals surface area contributed by atoms with Crippen molar-refractivity contribution in [3.63, 3.8) is 0 Å². The molecule has 4 aromatic rings. The molecule has 1 unspecified atom stereocenters. The summed E-state index contributed by atoms with van der Waals surface area (Å²) in [5.74, 6) is 0.474. The van der Waals surface area contributed by atoms with Crippen LogP contribution in [0.15, 0.2) is 55.1 Å². The number of likely N-dealkylation sites (tertiary alicyclic amines) is 1. The summed E-state index contributed by atoms with van der Waals surface area (Å²) in [6.07, 6.45) is 7.77. The van der Waals surface area contributed by atoms with E-state index in [1.54, 1.807) is 24.8 Å². The van der Waals surface area contributed by atoms with Gasteiger partial charge in [-0.1, -0.05) is 17.7 Å². The van der Waals surface area contributed by atoms with Crippen molar-refractivity contribution in [3.05, 3.63) is 71.5 Å². The molecule has 0 aromatic carbocycles. The van der Waals surface area contributed by atoms with Gasteiger partial charge < -0.3 is 5.32 Å². The van der Waals surface area contributed by atoms with Crippen LogP contribution in [0.25, 0.3) is 16.6 Å². The van der Waals surface area contributed by atoms with E-state index in [2.05, 4.69) is 35.6 Å². The predicted octanol–water partition coefficient (Wildman–Crippen LogP) is 3.57. The summed E-state index contributed by atoms with van der Waals surface area (Å²) in [6.45, 7) is 4.29. The fraction of sp³-hybridized carbons (Fsp3) is 0.261. The number of anilines is 1. The Balaban J connectivity index is 1.20. The van der Waals surface area contributed by atoms with E-state index in [0.29, 0.717) is 17.5 Å². The van der Waals surface area contributed by atoms with Gasteiger partial charge in [-0.25, -0.2) is 19.4 Å². The maximum absolute atomic E-state index is 12.5. The van der Waals surface area contributed by atoms with E-state index in [1.807, 2.05) is 41.9 Å². The SMILES string of the molecule is Cc1cc(-n2ncc3cc(NC(=O)NC4CCN(Cc5cccnc5Cl)C4)ncc32)ccn1. The van der Waals surface area contributed by atoms with E-state index >= 15 is 0 Å². The second-order valence-electron chi connectivity index (χ2n) is 8.11. The third kappa shape index (κ3) is 4.79. The Hall–Kier alpha value is -3.56. The number of hydrogen-bond acceptors (Lipinski definition) is 6. The van der Waals surface area contributed by atoms with Gasteiger partial charge >= 0.3 is 6.03 Å². The van der Waals surface area contributed by atoms with E-state index < -0.39 is 0 Å². The minimum absolute atomic E-state index is 0.0573. The fourth-order valence-electron chi connectivity index (χ4n) is 4.07. The molecule has 1 aliphatic heterocycles. The number of amides is 2. The number of carbonyl (C=O) groups is 1. The standard InChI is InChI=1S/C23H23ClN8O/c1-15-9-19(4-7-25-15)32-20-12-27-21(10-17(20)11-28-32)30-23(33)29-18-5-8-31(14-18)13-16-3-2-6-26-22(16)24/h2-4,6-7,9-12,18H,5,8,13-14H2,1H3,(H2,27,29,30,33). The number of nitrogens with one attached hydrogen (secondary N) is 2. The quantitative estimate of drug-likeness (QED) is 0.440. The highest BCUT2D eigenvalue weighted by Crippen LogP contribution is 2.21. The summed E-state index contributed by atoms with van der Waals surface area (Å²) in [7, 11) is 0. The van der Waals surface area contributed by atoms with Crippen LogP contribution >= 0.6 is 11.6 Å². The molecule has 0 bridgehead atoms. The number of carbonyl (C=O) groups excluding carboxylic acids is 1. The lowest BCUT2D eigenvalue weighted by atomic mass is 10.2. The zero-order valence-corrected chi connectivity index (χ0v) is 18.8. The molecule has 1 fully saturated rings. The Labute approximate surface area is 195 Å². The van der Waals surface area contributed by atoms with Gasteiger partial charge in [-0.3, -0.25) is 15.2 Å². The summed E-state index contributed by atoms with van der Waals surface area (Å²) < 4.78 is 1.81. The van der Waals surface area contributed by atoms with Crippen molar-refractivity contribution in [2.24, 2.45) is 0 Å². The Bertz CT molecular complexity index is 1310. The molecule has 2 amide bonds. The normalized spacial score (nSPS) is 16.2. The van der Waals surface area contributed by atoms with Crippen LogP contribution in [0.4, 0.5) is 10.6 Å². The molecule has 5 heterocycles. The van der Waals surface area contributed by atoms with Crippen LogP contribution in [0.1, 0.15) is 17.7 Å². The molecule has 0 saturated carbocycles. The van der Waals surface area contributed by atoms with Gasteiger partial charge in [-0.05, 0) is 37.6 Å². The van der Waals surface area contributed by atoms with Crippen molar-refractivity contribution in [3.8, 4) is 5.69 Å². The van der Waals surface area contributed by atoms with E-state index in [4.69, 9.17) is 11.6 Å². The van der Waals surface area contributed by atoms with Crippen LogP contribution in [0.2, 0.25) is 5.15 Å². The number of nitrogens with zero attached hydrogens (tertiary/aromatic N) is 6. The number of fused-ring (bicyclic) bond motifs is 1. The number of urea groups is 1. The predicted molar refractivity (Wildman–Crippen MR) is 126 cm³/mol. The summed E-state index contributed by atoms with van der Waals surface area (Å²) in [5.41, 5.74) is 3.67. The number of aromatic nitrogens is 5. The van der Waals surface area contributed by atoms with Crippen molar-refractivity contribution in [2.45, 2.75) is 25.9 Å². The highest BCUT2D eigenvalue weighted by atomic mass is 35.5. The van der Waals surface area contributed by atoms with E-state index in [0.717, 1.165) is 47.4 Å². The zero-order chi connectivity index (χ0) is 22.8. The molecule has 0 aliphatic carbocycles. The van der Waals surface area contributed by atoms with Crippen molar-refractivity contribution in [1.82, 2.24) is 34.9 Å². The molecular formula is C23H23ClN8O. The minimum atomic E-state index is -0.273. The smallest absolute Gasteiger partial charge is 0.320 e. The zero-order valence-electron chi connectivity index (χ0n) is 18.1. The van der Waals surface area contributed by atoms with E-state index in [9.17, 15) is 4.79 Å². The second kappa shape index (κ2) is 9.13. The van der Waals surface area contributed by atoms with Gasteiger partial charge in [0.1, 0.15) is 11.0 Å². The molecule has 4 aromatic heterocycles. The molecule has 1 aliphatic rings. The average Bonchev–Trinajstić information content (AvgIpc) is 3.41. The maximum Gasteiger partial charge on any atom is 0.320 e. The van der Waals surface area contributed by atoms with E-state index in [1.165, 1.54) is 0 Å². The van der Waals surface area contributed by atoms with E-state index in [-0.39, 0.29) is 12.1 Å². The highest BCUT2D eigenvalue weighted by Gasteiger charge is 2.24. The Morgan fingerprint density at radius 1 is 1.18 bits per heavy atom. The van der Waals surface area contributed by atoms with Crippen LogP contribution in [-0.2, 0) is 6.54 Å². The molecule has 9 nitrogen and oxygen atoms in total. The number of rotatable bonds is 5. The first-order chi connectivity index (χ1) is 16.0. The molecule has 2 N–H and O–H groups in total. The van der Waals surface area contributed by atoms with Gasteiger partial charge in [0.25, 0.3) is 0 Å². The van der Waals surface area contributed by atoms with Gasteiger partial charge in [-0.2, -0.15) is 5.10 Å². The molecule has 33 heavy (non-hydrogen) atoms. The molecule has 1 saturated heterocycles. The van der Waals surface area contributed by atoms with Crippen molar-refractivity contribution in [1.29, 1.82) is 0 Å². The molecule has 168 valence electrons. The van der Waals surface area contributed by atoms with Gasteiger partial charge in [0.05, 0.1) is 23.6 Å². The number of halogens is 1. The minimum Gasteiger partial charge on any atom is -0.334 e. The lowest BCUT2D eigenvalue weighted by Gasteiger charge is -2.17. The molecular weight excluding hydrogens is 440 g/mol. The first-order valence-electron chi connectivity index (χ1n) is 10.7. The highest BCUT2D eigenvalue weighted by molar-refractivity contribution is 6.30. The van der Waals surface area contributed by atoms with Crippen molar-refractivity contribution < 1.29 is 4.79 Å². The Kier molecular flexibility index (Phi) is 5.89. The summed E-state index contributed by atoms with van der Waals surface area (Å²) in [6, 6.07) is 9.31. The molecule has 10 heteroatoms. The molecule has 5 rings (SSSR count). The van der Waals surface area contributed by atoms with Crippen LogP contribution < -0.4 is 10.6 Å². The van der Waals surface area contributed by atoms with Crippen molar-refractivity contribution >= 4 is 34.4 Å². The number of pyridine rings is 3. The second-order valence-corrected chi connectivity index (χ2v) is 8.47. The van der Waals surface area contributed by atoms with Gasteiger partial charge in [-0.15, -0.1) is 0 Å². The fourth-order valence-corrected chi connectivity index (χ4v) is 4.25. The molecule has 0 radical (unpaired) electrons. The number of aryl methyl sites for hydroxylation is 1. The summed E-state index contributed by atoms with van der Waals surface area (Å²) >= 11 is 6.17. The summed E-state index contributed by atoms with van der Waals surface area (Å²) in [5, 5.41) is 11.7. The summed E-state index contributed by atoms with van der Waals surface area (Å²) in [4.78, 5) is 27.6. The maximum atomic E-state index is 12.5. The number of hydrogen-bond donors (Lipinski definition) is 2. The van der Waals surface area contributed by atoms with Gasteiger partial charge in [0, 0.05) is 54.7 Å². The van der Waals surface area contributed by atoms with Crippen LogP contribution in [0, 0.1) is 6.92 Å². The molecule has 0 spiro atoms. The van der Waals surface area contributed by atoms with Gasteiger partial charge in [0.2, 0.25) is 0 Å². The average molecular weight is 463 g/mol. The largest absolute Gasteiger partial charge is 0.334 e. The first kappa shape index (κ1) is 21.3. The Morgan fingerprint density at radius 2 is 2.09 bits per heavy atom.